The lowest BCUT2D eigenvalue weighted by atomic mass is 10.0. The molecule has 1 saturated heterocycles. The number of hydrogen-bond donors (Lipinski definition) is 0. The average molecular weight is 505 g/mol. The number of rotatable bonds is 8. The Labute approximate surface area is 216 Å². The van der Waals surface area contributed by atoms with Crippen molar-refractivity contribution in [3.8, 4) is 17.2 Å². The number of aromatic nitrogens is 1. The maximum absolute atomic E-state index is 13.1. The van der Waals surface area contributed by atoms with E-state index in [1.54, 1.807) is 13.2 Å². The number of hydrogen-bond acceptors (Lipinski definition) is 5. The standard InChI is InChI=1S/C29H32N2O4S/c1-18(2)23-12-11-19(3)15-26(23)35-14-13-30-28(32)27(36-29(30)33)17-22-16-20(4)31(21(22)5)24-9-7-8-10-25(24)34-6/h7-12,15-18H,13-14H2,1-6H3/b27-17-. The van der Waals surface area contributed by atoms with Crippen LogP contribution < -0.4 is 9.47 Å². The highest BCUT2D eigenvalue weighted by molar-refractivity contribution is 8.18. The normalized spacial score (nSPS) is 14.9. The number of methoxy groups -OCH3 is 1. The van der Waals surface area contributed by atoms with Crippen LogP contribution in [-0.4, -0.2) is 40.9 Å². The first-order chi connectivity index (χ1) is 17.2. The van der Waals surface area contributed by atoms with E-state index in [0.717, 1.165) is 57.0 Å². The number of ether oxygens (including phenoxy) is 2. The molecule has 0 bridgehead atoms. The molecule has 0 radical (unpaired) electrons. The van der Waals surface area contributed by atoms with Crippen LogP contribution in [0.2, 0.25) is 0 Å². The SMILES string of the molecule is COc1ccccc1-n1c(C)cc(/C=C2\SC(=O)N(CCOc3cc(C)ccc3C(C)C)C2=O)c1C. The number of aryl methyl sites for hydroxylation is 2. The number of carbonyl (C=O) groups is 2. The number of carbonyl (C=O) groups excluding carboxylic acids is 2. The Balaban J connectivity index is 1.51. The summed E-state index contributed by atoms with van der Waals surface area (Å²) in [7, 11) is 1.65. The number of para-hydroxylation sites is 2. The van der Waals surface area contributed by atoms with Gasteiger partial charge in [-0.05, 0) is 85.5 Å². The molecule has 0 N–H and O–H groups in total. The second-order valence-electron chi connectivity index (χ2n) is 9.21. The van der Waals surface area contributed by atoms with Crippen LogP contribution in [0, 0.1) is 20.8 Å². The van der Waals surface area contributed by atoms with Crippen molar-refractivity contribution in [1.29, 1.82) is 0 Å². The first-order valence-corrected chi connectivity index (χ1v) is 12.8. The van der Waals surface area contributed by atoms with Crippen LogP contribution >= 0.6 is 11.8 Å². The molecule has 36 heavy (non-hydrogen) atoms. The molecular formula is C29H32N2O4S. The van der Waals surface area contributed by atoms with Gasteiger partial charge in [-0.15, -0.1) is 0 Å². The molecular weight excluding hydrogens is 472 g/mol. The van der Waals surface area contributed by atoms with Crippen LogP contribution in [0.5, 0.6) is 11.5 Å². The fourth-order valence-electron chi connectivity index (χ4n) is 4.44. The Bertz CT molecular complexity index is 1340. The van der Waals surface area contributed by atoms with Crippen molar-refractivity contribution in [2.24, 2.45) is 0 Å². The van der Waals surface area contributed by atoms with Gasteiger partial charge in [-0.2, -0.15) is 0 Å². The summed E-state index contributed by atoms with van der Waals surface area (Å²) in [6.45, 7) is 10.7. The summed E-state index contributed by atoms with van der Waals surface area (Å²) in [5.41, 5.74) is 6.01. The Morgan fingerprint density at radius 1 is 1.00 bits per heavy atom. The molecule has 2 aromatic carbocycles. The van der Waals surface area contributed by atoms with Gasteiger partial charge >= 0.3 is 0 Å². The molecule has 0 spiro atoms. The first-order valence-electron chi connectivity index (χ1n) is 12.0. The van der Waals surface area contributed by atoms with E-state index >= 15 is 0 Å². The molecule has 4 rings (SSSR count). The quantitative estimate of drug-likeness (QED) is 0.322. The van der Waals surface area contributed by atoms with E-state index in [1.807, 2.05) is 57.2 Å². The zero-order chi connectivity index (χ0) is 26.0. The van der Waals surface area contributed by atoms with Gasteiger partial charge in [0.1, 0.15) is 18.1 Å². The highest BCUT2D eigenvalue weighted by Crippen LogP contribution is 2.35. The maximum Gasteiger partial charge on any atom is 0.293 e. The van der Waals surface area contributed by atoms with Crippen molar-refractivity contribution < 1.29 is 19.1 Å². The molecule has 0 saturated carbocycles. The summed E-state index contributed by atoms with van der Waals surface area (Å²) >= 11 is 0.970. The van der Waals surface area contributed by atoms with E-state index in [4.69, 9.17) is 9.47 Å². The summed E-state index contributed by atoms with van der Waals surface area (Å²) in [5, 5.41) is -0.276. The number of benzene rings is 2. The van der Waals surface area contributed by atoms with Crippen LogP contribution in [0.4, 0.5) is 4.79 Å². The molecule has 0 unspecified atom stereocenters. The summed E-state index contributed by atoms with van der Waals surface area (Å²) in [6, 6.07) is 16.0. The molecule has 6 nitrogen and oxygen atoms in total. The van der Waals surface area contributed by atoms with Gasteiger partial charge in [-0.25, -0.2) is 0 Å². The molecule has 3 aromatic rings. The van der Waals surface area contributed by atoms with Crippen LogP contribution in [0.15, 0.2) is 53.4 Å². The zero-order valence-corrected chi connectivity index (χ0v) is 22.4. The van der Waals surface area contributed by atoms with Gasteiger partial charge in [0.05, 0.1) is 24.2 Å². The molecule has 1 aliphatic heterocycles. The van der Waals surface area contributed by atoms with Crippen LogP contribution in [0.3, 0.4) is 0 Å². The van der Waals surface area contributed by atoms with Crippen molar-refractivity contribution in [2.45, 2.75) is 40.5 Å². The Hall–Kier alpha value is -3.45. The third-order valence-corrected chi connectivity index (χ3v) is 7.23. The van der Waals surface area contributed by atoms with Crippen molar-refractivity contribution in [2.75, 3.05) is 20.3 Å². The highest BCUT2D eigenvalue weighted by atomic mass is 32.2. The molecule has 2 amide bonds. The van der Waals surface area contributed by atoms with Crippen LogP contribution in [0.1, 0.15) is 47.8 Å². The van der Waals surface area contributed by atoms with Gasteiger partial charge in [0.2, 0.25) is 0 Å². The van der Waals surface area contributed by atoms with E-state index in [2.05, 4.69) is 30.5 Å². The van der Waals surface area contributed by atoms with Gasteiger partial charge < -0.3 is 14.0 Å². The lowest BCUT2D eigenvalue weighted by Crippen LogP contribution is -2.32. The number of thioether (sulfide) groups is 1. The zero-order valence-electron chi connectivity index (χ0n) is 21.6. The first kappa shape index (κ1) is 25.6. The highest BCUT2D eigenvalue weighted by Gasteiger charge is 2.35. The number of nitrogens with zero attached hydrogens (tertiary/aromatic N) is 2. The van der Waals surface area contributed by atoms with Gasteiger partial charge in [0.25, 0.3) is 11.1 Å². The van der Waals surface area contributed by atoms with E-state index in [0.29, 0.717) is 10.8 Å². The Morgan fingerprint density at radius 3 is 2.47 bits per heavy atom. The molecule has 0 aliphatic carbocycles. The third kappa shape index (κ3) is 5.07. The Morgan fingerprint density at radius 2 is 1.75 bits per heavy atom. The van der Waals surface area contributed by atoms with E-state index in [9.17, 15) is 9.59 Å². The second kappa shape index (κ2) is 10.7. The average Bonchev–Trinajstić information content (AvgIpc) is 3.27. The molecule has 188 valence electrons. The van der Waals surface area contributed by atoms with E-state index in [1.165, 1.54) is 4.90 Å². The van der Waals surface area contributed by atoms with Crippen molar-refractivity contribution in [3.05, 3.63) is 81.5 Å². The molecule has 7 heteroatoms. The van der Waals surface area contributed by atoms with Crippen molar-refractivity contribution >= 4 is 29.0 Å². The second-order valence-corrected chi connectivity index (χ2v) is 10.2. The fourth-order valence-corrected chi connectivity index (χ4v) is 5.30. The van der Waals surface area contributed by atoms with Crippen molar-refractivity contribution in [3.63, 3.8) is 0 Å². The van der Waals surface area contributed by atoms with E-state index in [-0.39, 0.29) is 24.3 Å². The lowest BCUT2D eigenvalue weighted by Gasteiger charge is -2.17. The summed E-state index contributed by atoms with van der Waals surface area (Å²) in [6.07, 6.45) is 1.80. The minimum absolute atomic E-state index is 0.202. The summed E-state index contributed by atoms with van der Waals surface area (Å²) in [5.74, 6) is 1.59. The predicted molar refractivity (Wildman–Crippen MR) is 145 cm³/mol. The number of amides is 2. The predicted octanol–water partition coefficient (Wildman–Crippen LogP) is 6.65. The largest absolute Gasteiger partial charge is 0.495 e. The van der Waals surface area contributed by atoms with Crippen molar-refractivity contribution in [1.82, 2.24) is 9.47 Å². The third-order valence-electron chi connectivity index (χ3n) is 6.32. The van der Waals surface area contributed by atoms with Gasteiger partial charge in [0.15, 0.2) is 0 Å². The maximum atomic E-state index is 13.1. The van der Waals surface area contributed by atoms with Crippen LogP contribution in [-0.2, 0) is 4.79 Å². The van der Waals surface area contributed by atoms with Gasteiger partial charge in [0, 0.05) is 11.4 Å². The topological polar surface area (TPSA) is 60.8 Å². The number of imide groups is 1. The fraction of sp³-hybridized carbons (Fsp3) is 0.310. The molecule has 0 atom stereocenters. The summed E-state index contributed by atoms with van der Waals surface area (Å²) < 4.78 is 13.6. The molecule has 1 aliphatic rings. The van der Waals surface area contributed by atoms with Gasteiger partial charge in [-0.3, -0.25) is 14.5 Å². The molecule has 1 fully saturated rings. The lowest BCUT2D eigenvalue weighted by molar-refractivity contribution is -0.123. The minimum atomic E-state index is -0.288. The van der Waals surface area contributed by atoms with E-state index < -0.39 is 0 Å². The monoisotopic (exact) mass is 504 g/mol. The smallest absolute Gasteiger partial charge is 0.293 e. The Kier molecular flexibility index (Phi) is 7.59. The molecule has 2 heterocycles. The van der Waals surface area contributed by atoms with Crippen LogP contribution in [0.25, 0.3) is 11.8 Å². The minimum Gasteiger partial charge on any atom is -0.495 e. The molecule has 1 aromatic heterocycles. The van der Waals surface area contributed by atoms with Gasteiger partial charge in [-0.1, -0.05) is 38.1 Å². The summed E-state index contributed by atoms with van der Waals surface area (Å²) in [4.78, 5) is 27.4.